The summed E-state index contributed by atoms with van der Waals surface area (Å²) in [6, 6.07) is 10.4. The van der Waals surface area contributed by atoms with Crippen molar-refractivity contribution in [3.8, 4) is 40.1 Å². The third kappa shape index (κ3) is 4.40. The Morgan fingerprint density at radius 2 is 1.71 bits per heavy atom. The highest BCUT2D eigenvalue weighted by Gasteiger charge is 2.41. The molecule has 0 aliphatic heterocycles. The van der Waals surface area contributed by atoms with Gasteiger partial charge in [-0.1, -0.05) is 24.1 Å². The first kappa shape index (κ1) is 22.3. The number of nitrogens with zero attached hydrogens (tertiary/aromatic N) is 2. The van der Waals surface area contributed by atoms with E-state index in [4.69, 9.17) is 9.88 Å². The molecule has 3 rings (SSSR count). The van der Waals surface area contributed by atoms with Crippen LogP contribution in [-0.4, -0.2) is 25.3 Å². The first-order valence-corrected chi connectivity index (χ1v) is 10.1. The Hall–Kier alpha value is -3.36. The molecule has 0 amide bonds. The van der Waals surface area contributed by atoms with E-state index < -0.39 is 33.3 Å². The number of aromatic nitrogens is 2. The Morgan fingerprint density at radius 1 is 1.10 bits per heavy atom. The average molecular weight is 453 g/mol. The summed E-state index contributed by atoms with van der Waals surface area (Å²) >= 11 is 0. The molecule has 162 valence electrons. The number of ether oxygens (including phenoxy) is 1. The fourth-order valence-corrected chi connectivity index (χ4v) is 3.48. The van der Waals surface area contributed by atoms with E-state index in [0.717, 1.165) is 18.2 Å². The van der Waals surface area contributed by atoms with Crippen LogP contribution in [-0.2, 0) is 16.2 Å². The van der Waals surface area contributed by atoms with Gasteiger partial charge < -0.3 is 4.74 Å². The third-order valence-corrected chi connectivity index (χ3v) is 5.20. The minimum atomic E-state index is -4.87. The quantitative estimate of drug-likeness (QED) is 0.480. The van der Waals surface area contributed by atoms with Gasteiger partial charge in [0.05, 0.1) is 12.0 Å². The number of nitrogens with two attached hydrogens (primary N) is 1. The molecule has 0 saturated carbocycles. The molecule has 6 nitrogen and oxygen atoms in total. The van der Waals surface area contributed by atoms with Crippen molar-refractivity contribution in [1.29, 1.82) is 0 Å². The molecule has 0 bridgehead atoms. The summed E-state index contributed by atoms with van der Waals surface area (Å²) < 4.78 is 84.5. The number of rotatable bonds is 4. The van der Waals surface area contributed by atoms with E-state index in [1.807, 2.05) is 0 Å². The number of methoxy groups -OCH3 is 1. The predicted octanol–water partition coefficient (Wildman–Crippen LogP) is 3.86. The lowest BCUT2D eigenvalue weighted by Gasteiger charge is -2.11. The van der Waals surface area contributed by atoms with Gasteiger partial charge in [0.15, 0.2) is 17.3 Å². The van der Waals surface area contributed by atoms with E-state index in [2.05, 4.69) is 17.1 Å². The van der Waals surface area contributed by atoms with Crippen molar-refractivity contribution < 1.29 is 30.7 Å². The van der Waals surface area contributed by atoms with Gasteiger partial charge in [-0.3, -0.25) is 0 Å². The van der Waals surface area contributed by atoms with Gasteiger partial charge in [-0.2, -0.15) is 23.0 Å². The number of hydrogen-bond donors (Lipinski definition) is 1. The van der Waals surface area contributed by atoms with Crippen LogP contribution in [0.5, 0.6) is 5.75 Å². The Bertz CT molecular complexity index is 1300. The molecule has 2 aromatic carbocycles. The second-order valence-electron chi connectivity index (χ2n) is 6.26. The van der Waals surface area contributed by atoms with Crippen LogP contribution in [0.15, 0.2) is 47.4 Å². The summed E-state index contributed by atoms with van der Waals surface area (Å²) in [4.78, 5) is -0.225. The van der Waals surface area contributed by atoms with Crippen molar-refractivity contribution in [3.05, 3.63) is 54.0 Å². The highest BCUT2D eigenvalue weighted by molar-refractivity contribution is 7.89. The standard InChI is InChI=1S/C20H15F4N3O3S/c1-3-10-27-19(20(22,23)24)17(13-6-9-16(30-2)15(21)11-13)18(26-27)12-4-7-14(8-5-12)31(25,28)29/h4-9,11H,1-2H3,(H2,25,28,29). The Labute approximate surface area is 175 Å². The van der Waals surface area contributed by atoms with Gasteiger partial charge in [0.1, 0.15) is 5.69 Å². The highest BCUT2D eigenvalue weighted by atomic mass is 32.2. The summed E-state index contributed by atoms with van der Waals surface area (Å²) in [7, 11) is -2.77. The molecule has 0 aliphatic rings. The van der Waals surface area contributed by atoms with Gasteiger partial charge in [-0.15, -0.1) is 0 Å². The lowest BCUT2D eigenvalue weighted by Crippen LogP contribution is -2.13. The van der Waals surface area contributed by atoms with E-state index >= 15 is 0 Å². The molecule has 0 radical (unpaired) electrons. The van der Waals surface area contributed by atoms with Gasteiger partial charge in [0.2, 0.25) is 10.0 Å². The molecule has 0 aliphatic carbocycles. The molecule has 3 aromatic rings. The number of alkyl halides is 3. The Kier molecular flexibility index (Phi) is 5.80. The van der Waals surface area contributed by atoms with Crippen LogP contribution in [0.2, 0.25) is 0 Å². The van der Waals surface area contributed by atoms with Crippen LogP contribution >= 0.6 is 0 Å². The van der Waals surface area contributed by atoms with Crippen LogP contribution in [0.1, 0.15) is 12.6 Å². The average Bonchev–Trinajstić information content (AvgIpc) is 3.07. The number of hydrogen-bond acceptors (Lipinski definition) is 4. The van der Waals surface area contributed by atoms with E-state index in [9.17, 15) is 26.0 Å². The highest BCUT2D eigenvalue weighted by Crippen LogP contribution is 2.43. The van der Waals surface area contributed by atoms with Crippen LogP contribution in [0.4, 0.5) is 17.6 Å². The maximum atomic E-state index is 14.3. The zero-order valence-electron chi connectivity index (χ0n) is 16.2. The monoisotopic (exact) mass is 453 g/mol. The van der Waals surface area contributed by atoms with E-state index in [1.54, 1.807) is 0 Å². The smallest absolute Gasteiger partial charge is 0.434 e. The molecule has 2 N–H and O–H groups in total. The van der Waals surface area contributed by atoms with Crippen molar-refractivity contribution in [2.45, 2.75) is 18.0 Å². The fraction of sp³-hybridized carbons (Fsp3) is 0.150. The van der Waals surface area contributed by atoms with Crippen LogP contribution in [0, 0.1) is 17.8 Å². The molecule has 1 aromatic heterocycles. The lowest BCUT2D eigenvalue weighted by atomic mass is 9.98. The number of halogens is 4. The van der Waals surface area contributed by atoms with Gasteiger partial charge in [-0.05, 0) is 36.8 Å². The third-order valence-electron chi connectivity index (χ3n) is 4.27. The molecule has 11 heteroatoms. The van der Waals surface area contributed by atoms with Gasteiger partial charge in [0, 0.05) is 17.2 Å². The summed E-state index contributed by atoms with van der Waals surface area (Å²) in [5.74, 6) is 1.35. The first-order chi connectivity index (χ1) is 14.5. The van der Waals surface area contributed by atoms with E-state index in [0.29, 0.717) is 4.68 Å². The predicted molar refractivity (Wildman–Crippen MR) is 105 cm³/mol. The largest absolute Gasteiger partial charge is 0.494 e. The minimum absolute atomic E-state index is 0.111. The van der Waals surface area contributed by atoms with Crippen molar-refractivity contribution in [3.63, 3.8) is 0 Å². The van der Waals surface area contributed by atoms with Gasteiger partial charge in [-0.25, -0.2) is 17.9 Å². The Balaban J connectivity index is 2.35. The van der Waals surface area contributed by atoms with Crippen molar-refractivity contribution >= 4 is 10.0 Å². The molecular formula is C20H15F4N3O3S. The van der Waals surface area contributed by atoms with Gasteiger partial charge >= 0.3 is 6.18 Å². The molecule has 0 fully saturated rings. The maximum absolute atomic E-state index is 14.3. The summed E-state index contributed by atoms with van der Waals surface area (Å²) in [6.07, 6.45) is -4.87. The van der Waals surface area contributed by atoms with Crippen LogP contribution < -0.4 is 9.88 Å². The molecule has 0 saturated heterocycles. The van der Waals surface area contributed by atoms with Gasteiger partial charge in [0.25, 0.3) is 0 Å². The zero-order valence-corrected chi connectivity index (χ0v) is 17.0. The number of primary sulfonamides is 1. The van der Waals surface area contributed by atoms with Crippen molar-refractivity contribution in [2.75, 3.05) is 7.11 Å². The lowest BCUT2D eigenvalue weighted by molar-refractivity contribution is -0.142. The second kappa shape index (κ2) is 8.05. The Morgan fingerprint density at radius 3 is 2.19 bits per heavy atom. The van der Waals surface area contributed by atoms with Crippen molar-refractivity contribution in [1.82, 2.24) is 9.78 Å². The number of sulfonamides is 1. The summed E-state index contributed by atoms with van der Waals surface area (Å²) in [6.45, 7) is 1.34. The normalized spacial score (nSPS) is 11.7. The van der Waals surface area contributed by atoms with Crippen LogP contribution in [0.25, 0.3) is 22.4 Å². The van der Waals surface area contributed by atoms with Crippen molar-refractivity contribution in [2.24, 2.45) is 5.14 Å². The molecule has 0 atom stereocenters. The van der Waals surface area contributed by atoms with E-state index in [1.165, 1.54) is 38.3 Å². The zero-order chi connectivity index (χ0) is 23.0. The molecule has 0 unspecified atom stereocenters. The molecular weight excluding hydrogens is 438 g/mol. The summed E-state index contributed by atoms with van der Waals surface area (Å²) in [5, 5.41) is 9.03. The fourth-order valence-electron chi connectivity index (χ4n) is 2.97. The minimum Gasteiger partial charge on any atom is -0.494 e. The van der Waals surface area contributed by atoms with Crippen LogP contribution in [0.3, 0.4) is 0 Å². The van der Waals surface area contributed by atoms with E-state index in [-0.39, 0.29) is 27.5 Å². The second-order valence-corrected chi connectivity index (χ2v) is 7.82. The molecule has 31 heavy (non-hydrogen) atoms. The maximum Gasteiger partial charge on any atom is 0.434 e. The topological polar surface area (TPSA) is 87.2 Å². The first-order valence-electron chi connectivity index (χ1n) is 8.57. The molecule has 1 heterocycles. The molecule has 0 spiro atoms. The number of benzene rings is 2. The SMILES string of the molecule is CC#Cn1nc(-c2ccc(S(N)(=O)=O)cc2)c(-c2ccc(OC)c(F)c2)c1C(F)(F)F. The summed E-state index contributed by atoms with van der Waals surface area (Å²) in [5.41, 5.74) is -1.74.